The average molecular weight is 656 g/mol. The van der Waals surface area contributed by atoms with Crippen LogP contribution in [0.25, 0.3) is 0 Å². The fourth-order valence-electron chi connectivity index (χ4n) is 5.12. The van der Waals surface area contributed by atoms with E-state index in [0.29, 0.717) is 31.2 Å². The fourth-order valence-corrected chi connectivity index (χ4v) is 5.12. The highest BCUT2D eigenvalue weighted by Crippen LogP contribution is 2.30. The number of carbonyl (C=O) groups excluding carboxylic acids is 4. The van der Waals surface area contributed by atoms with Gasteiger partial charge in [0.15, 0.2) is 0 Å². The van der Waals surface area contributed by atoms with Gasteiger partial charge < -0.3 is 26.0 Å². The molecule has 3 aromatic rings. The van der Waals surface area contributed by atoms with Gasteiger partial charge in [0.25, 0.3) is 11.8 Å². The van der Waals surface area contributed by atoms with Gasteiger partial charge in [0.05, 0.1) is 18.7 Å². The molecular formula is C38H49N5O5. The van der Waals surface area contributed by atoms with E-state index >= 15 is 0 Å². The standard InChI is InChI=1S/C31H41N5O5.C7H8/c1-20(23-8-6-5-7-9-23)35-29(39)25-14-24(15-26(16-25)36-18-31(3,4)19-41-30(36)40)28(38)33-13-12-32-21(2)27(37)34-17-22-10-11-22;1-7-5-3-2-4-6-7/h5-9,14-16,20-22,32H,10-13,17-19H2,1-4H3,(H,33,38)(H,34,37)(H,35,39);2-6H,1H3/t20-,21+;/m1./s1. The first-order valence-corrected chi connectivity index (χ1v) is 16.7. The van der Waals surface area contributed by atoms with Crippen molar-refractivity contribution < 1.29 is 23.9 Å². The number of amides is 4. The maximum absolute atomic E-state index is 13.3. The van der Waals surface area contributed by atoms with Gasteiger partial charge in [-0.3, -0.25) is 19.3 Å². The van der Waals surface area contributed by atoms with Crippen molar-refractivity contribution in [2.75, 3.05) is 37.7 Å². The molecule has 2 aliphatic rings. The van der Waals surface area contributed by atoms with Gasteiger partial charge in [-0.2, -0.15) is 0 Å². The first-order chi connectivity index (χ1) is 22.9. The van der Waals surface area contributed by atoms with Crippen molar-refractivity contribution in [2.24, 2.45) is 11.3 Å². The molecule has 0 radical (unpaired) electrons. The van der Waals surface area contributed by atoms with Crippen molar-refractivity contribution >= 4 is 29.5 Å². The van der Waals surface area contributed by atoms with Crippen molar-refractivity contribution in [3.63, 3.8) is 0 Å². The monoisotopic (exact) mass is 655 g/mol. The SMILES string of the molecule is C[C@H](NCCNC(=O)c1cc(C(=O)N[C@H](C)c2ccccc2)cc(N2CC(C)(C)COC2=O)c1)C(=O)NCC1CC1.Cc1ccccc1. The lowest BCUT2D eigenvalue weighted by Crippen LogP contribution is -2.47. The molecular weight excluding hydrogens is 606 g/mol. The summed E-state index contributed by atoms with van der Waals surface area (Å²) in [6.45, 7) is 11.8. The van der Waals surface area contributed by atoms with Crippen LogP contribution in [0.5, 0.6) is 0 Å². The van der Waals surface area contributed by atoms with E-state index in [-0.39, 0.29) is 53.6 Å². The van der Waals surface area contributed by atoms with E-state index in [9.17, 15) is 19.2 Å². The highest BCUT2D eigenvalue weighted by atomic mass is 16.6. The van der Waals surface area contributed by atoms with Crippen molar-refractivity contribution in [3.05, 3.63) is 101 Å². The Morgan fingerprint density at radius 2 is 1.50 bits per heavy atom. The molecule has 0 bridgehead atoms. The molecule has 10 nitrogen and oxygen atoms in total. The van der Waals surface area contributed by atoms with Gasteiger partial charge in [0.1, 0.15) is 0 Å². The van der Waals surface area contributed by atoms with Crippen LogP contribution >= 0.6 is 0 Å². The van der Waals surface area contributed by atoms with Crippen LogP contribution in [0.15, 0.2) is 78.9 Å². The van der Waals surface area contributed by atoms with E-state index < -0.39 is 12.0 Å². The van der Waals surface area contributed by atoms with E-state index in [1.807, 2.05) is 69.3 Å². The van der Waals surface area contributed by atoms with Gasteiger partial charge in [-0.25, -0.2) is 4.79 Å². The van der Waals surface area contributed by atoms with Crippen LogP contribution in [0.4, 0.5) is 10.5 Å². The molecule has 1 aliphatic heterocycles. The minimum absolute atomic E-state index is 0.0624. The number of rotatable bonds is 12. The molecule has 1 saturated carbocycles. The van der Waals surface area contributed by atoms with E-state index in [4.69, 9.17) is 4.74 Å². The zero-order valence-corrected chi connectivity index (χ0v) is 28.7. The Balaban J connectivity index is 0.000000659. The Kier molecular flexibility index (Phi) is 12.7. The van der Waals surface area contributed by atoms with Crippen LogP contribution in [0.3, 0.4) is 0 Å². The van der Waals surface area contributed by atoms with Gasteiger partial charge in [0.2, 0.25) is 5.91 Å². The Labute approximate surface area is 284 Å². The number of carbonyl (C=O) groups is 4. The Morgan fingerprint density at radius 3 is 2.10 bits per heavy atom. The number of anilines is 1. The predicted octanol–water partition coefficient (Wildman–Crippen LogP) is 5.39. The third-order valence-corrected chi connectivity index (χ3v) is 8.25. The number of benzene rings is 3. The molecule has 1 saturated heterocycles. The summed E-state index contributed by atoms with van der Waals surface area (Å²) in [5, 5.41) is 11.9. The highest BCUT2D eigenvalue weighted by Gasteiger charge is 2.34. The number of nitrogens with one attached hydrogen (secondary N) is 4. The molecule has 10 heteroatoms. The van der Waals surface area contributed by atoms with Gasteiger partial charge in [0, 0.05) is 48.4 Å². The van der Waals surface area contributed by atoms with Crippen LogP contribution in [-0.2, 0) is 9.53 Å². The molecule has 1 aliphatic carbocycles. The third kappa shape index (κ3) is 11.2. The third-order valence-electron chi connectivity index (χ3n) is 8.25. The maximum Gasteiger partial charge on any atom is 0.414 e. The predicted molar refractivity (Wildman–Crippen MR) is 188 cm³/mol. The Morgan fingerprint density at radius 1 is 0.875 bits per heavy atom. The molecule has 4 N–H and O–H groups in total. The lowest BCUT2D eigenvalue weighted by Gasteiger charge is -2.37. The lowest BCUT2D eigenvalue weighted by molar-refractivity contribution is -0.122. The van der Waals surface area contributed by atoms with E-state index in [2.05, 4.69) is 40.3 Å². The molecule has 0 unspecified atom stereocenters. The minimum Gasteiger partial charge on any atom is -0.449 e. The van der Waals surface area contributed by atoms with E-state index in [1.54, 1.807) is 19.1 Å². The summed E-state index contributed by atoms with van der Waals surface area (Å²) >= 11 is 0. The largest absolute Gasteiger partial charge is 0.449 e. The lowest BCUT2D eigenvalue weighted by atomic mass is 9.92. The van der Waals surface area contributed by atoms with Gasteiger partial charge in [-0.05, 0) is 63.3 Å². The number of ether oxygens (including phenoxy) is 1. The van der Waals surface area contributed by atoms with Crippen molar-refractivity contribution in [1.29, 1.82) is 0 Å². The number of hydrogen-bond donors (Lipinski definition) is 4. The summed E-state index contributed by atoms with van der Waals surface area (Å²) in [6.07, 6.45) is 1.81. The zero-order valence-electron chi connectivity index (χ0n) is 28.7. The van der Waals surface area contributed by atoms with Crippen LogP contribution < -0.4 is 26.2 Å². The van der Waals surface area contributed by atoms with E-state index in [1.165, 1.54) is 29.4 Å². The fraction of sp³-hybridized carbons (Fsp3) is 0.421. The summed E-state index contributed by atoms with van der Waals surface area (Å²) < 4.78 is 5.38. The number of aryl methyl sites for hydroxylation is 1. The van der Waals surface area contributed by atoms with Crippen molar-refractivity contribution in [3.8, 4) is 0 Å². The van der Waals surface area contributed by atoms with Crippen LogP contribution in [0, 0.1) is 18.3 Å². The summed E-state index contributed by atoms with van der Waals surface area (Å²) in [6, 6.07) is 23.9. The highest BCUT2D eigenvalue weighted by molar-refractivity contribution is 6.02. The summed E-state index contributed by atoms with van der Waals surface area (Å²) in [4.78, 5) is 52.9. The molecule has 256 valence electrons. The first kappa shape index (κ1) is 36.1. The van der Waals surface area contributed by atoms with E-state index in [0.717, 1.165) is 5.56 Å². The van der Waals surface area contributed by atoms with Crippen LogP contribution in [-0.4, -0.2) is 62.6 Å². The molecule has 0 spiro atoms. The summed E-state index contributed by atoms with van der Waals surface area (Å²) in [7, 11) is 0. The van der Waals surface area contributed by atoms with Crippen molar-refractivity contribution in [1.82, 2.24) is 21.3 Å². The van der Waals surface area contributed by atoms with Crippen LogP contribution in [0.1, 0.15) is 78.4 Å². The summed E-state index contributed by atoms with van der Waals surface area (Å²) in [5.74, 6) is -0.218. The molecule has 2 fully saturated rings. The molecule has 3 aromatic carbocycles. The molecule has 1 heterocycles. The van der Waals surface area contributed by atoms with Crippen molar-refractivity contribution in [2.45, 2.75) is 59.5 Å². The topological polar surface area (TPSA) is 129 Å². The summed E-state index contributed by atoms with van der Waals surface area (Å²) in [5.41, 5.74) is 2.87. The van der Waals surface area contributed by atoms with Gasteiger partial charge in [-0.15, -0.1) is 0 Å². The van der Waals surface area contributed by atoms with Crippen LogP contribution in [0.2, 0.25) is 0 Å². The average Bonchev–Trinajstić information content (AvgIpc) is 3.92. The second kappa shape index (κ2) is 16.9. The quantitative estimate of drug-likeness (QED) is 0.194. The molecule has 2 atom stereocenters. The normalized spacial score (nSPS) is 16.4. The molecule has 5 rings (SSSR count). The first-order valence-electron chi connectivity index (χ1n) is 16.7. The van der Waals surface area contributed by atoms with Gasteiger partial charge >= 0.3 is 6.09 Å². The Hall–Kier alpha value is -4.70. The molecule has 4 amide bonds. The minimum atomic E-state index is -0.524. The second-order valence-electron chi connectivity index (χ2n) is 13.5. The van der Waals surface area contributed by atoms with Gasteiger partial charge in [-0.1, -0.05) is 80.1 Å². The Bertz CT molecular complexity index is 1540. The maximum atomic E-state index is 13.3. The number of cyclic esters (lactones) is 1. The number of nitrogens with zero attached hydrogens (tertiary/aromatic N) is 1. The molecule has 0 aromatic heterocycles. The molecule has 48 heavy (non-hydrogen) atoms. The second-order valence-corrected chi connectivity index (χ2v) is 13.5. The smallest absolute Gasteiger partial charge is 0.414 e. The number of hydrogen-bond acceptors (Lipinski definition) is 6. The zero-order chi connectivity index (χ0) is 34.7.